The Morgan fingerprint density at radius 3 is 2.75 bits per heavy atom. The summed E-state index contributed by atoms with van der Waals surface area (Å²) in [5, 5.41) is 3.16. The Kier molecular flexibility index (Phi) is 4.31. The smallest absolute Gasteiger partial charge is 0.315 e. The van der Waals surface area contributed by atoms with Crippen molar-refractivity contribution in [3.05, 3.63) is 28.8 Å². The second-order valence-corrected chi connectivity index (χ2v) is 3.62. The largest absolute Gasteiger partial charge is 0.469 e. The second kappa shape index (κ2) is 5.51. The average Bonchev–Trinajstić information content (AvgIpc) is 2.24. The Hall–Kier alpha value is -1.55. The zero-order valence-corrected chi connectivity index (χ0v) is 9.80. The molecular weight excluding hydrogens is 230 g/mol. The van der Waals surface area contributed by atoms with Crippen molar-refractivity contribution >= 4 is 29.2 Å². The molecule has 1 aromatic rings. The van der Waals surface area contributed by atoms with Gasteiger partial charge in [0.15, 0.2) is 0 Å². The number of nitrogens with one attached hydrogen (secondary N) is 1. The molecule has 0 radical (unpaired) electrons. The standard InChI is InChI=1S/C11H12ClNO3/c1-7-8(12)4-3-5-9(7)13-10(14)6-11(15)16-2/h3-5H,6H2,1-2H3,(H,13,14). The Morgan fingerprint density at radius 1 is 1.44 bits per heavy atom. The minimum Gasteiger partial charge on any atom is -0.469 e. The summed E-state index contributed by atoms with van der Waals surface area (Å²) in [6.45, 7) is 1.79. The first-order valence-electron chi connectivity index (χ1n) is 4.66. The highest BCUT2D eigenvalue weighted by Crippen LogP contribution is 2.22. The molecule has 16 heavy (non-hydrogen) atoms. The maximum Gasteiger partial charge on any atom is 0.315 e. The Balaban J connectivity index is 2.70. The van der Waals surface area contributed by atoms with Gasteiger partial charge in [0, 0.05) is 10.7 Å². The van der Waals surface area contributed by atoms with Crippen molar-refractivity contribution in [2.24, 2.45) is 0 Å². The van der Waals surface area contributed by atoms with Crippen LogP contribution in [-0.4, -0.2) is 19.0 Å². The van der Waals surface area contributed by atoms with Gasteiger partial charge in [-0.05, 0) is 24.6 Å². The highest BCUT2D eigenvalue weighted by atomic mass is 35.5. The molecule has 0 fully saturated rings. The number of hydrogen-bond donors (Lipinski definition) is 1. The number of halogens is 1. The van der Waals surface area contributed by atoms with Gasteiger partial charge in [-0.2, -0.15) is 0 Å². The van der Waals surface area contributed by atoms with Crippen LogP contribution in [0.25, 0.3) is 0 Å². The van der Waals surface area contributed by atoms with Gasteiger partial charge in [0.1, 0.15) is 6.42 Å². The normalized spacial score (nSPS) is 9.69. The minimum absolute atomic E-state index is 0.303. The molecule has 0 saturated heterocycles. The molecule has 0 atom stereocenters. The van der Waals surface area contributed by atoms with Crippen LogP contribution in [0.1, 0.15) is 12.0 Å². The van der Waals surface area contributed by atoms with Crippen LogP contribution in [-0.2, 0) is 14.3 Å². The van der Waals surface area contributed by atoms with E-state index < -0.39 is 11.9 Å². The highest BCUT2D eigenvalue weighted by Gasteiger charge is 2.11. The van der Waals surface area contributed by atoms with E-state index in [1.54, 1.807) is 25.1 Å². The molecule has 0 spiro atoms. The van der Waals surface area contributed by atoms with Gasteiger partial charge in [-0.1, -0.05) is 17.7 Å². The van der Waals surface area contributed by atoms with Crippen molar-refractivity contribution in [3.8, 4) is 0 Å². The fourth-order valence-corrected chi connectivity index (χ4v) is 1.32. The third-order valence-corrected chi connectivity index (χ3v) is 2.48. The number of ether oxygens (including phenoxy) is 1. The number of rotatable bonds is 3. The quantitative estimate of drug-likeness (QED) is 0.652. The van der Waals surface area contributed by atoms with E-state index in [4.69, 9.17) is 11.6 Å². The molecule has 0 aromatic heterocycles. The Bertz CT molecular complexity index is 418. The Morgan fingerprint density at radius 2 is 2.12 bits per heavy atom. The number of benzene rings is 1. The van der Waals surface area contributed by atoms with Gasteiger partial charge in [-0.15, -0.1) is 0 Å². The van der Waals surface area contributed by atoms with E-state index in [9.17, 15) is 9.59 Å². The van der Waals surface area contributed by atoms with Crippen molar-refractivity contribution in [2.75, 3.05) is 12.4 Å². The number of methoxy groups -OCH3 is 1. The first-order chi connectivity index (χ1) is 7.54. The molecule has 0 heterocycles. The van der Waals surface area contributed by atoms with Crippen molar-refractivity contribution in [1.29, 1.82) is 0 Å². The molecule has 0 aliphatic heterocycles. The number of hydrogen-bond acceptors (Lipinski definition) is 3. The molecular formula is C11H12ClNO3. The molecule has 0 aliphatic carbocycles. The monoisotopic (exact) mass is 241 g/mol. The first kappa shape index (κ1) is 12.5. The zero-order chi connectivity index (χ0) is 12.1. The van der Waals surface area contributed by atoms with Crippen LogP contribution in [0, 0.1) is 6.92 Å². The molecule has 0 bridgehead atoms. The number of anilines is 1. The predicted molar refractivity (Wildman–Crippen MR) is 61.5 cm³/mol. The van der Waals surface area contributed by atoms with Crippen LogP contribution in [0.5, 0.6) is 0 Å². The maximum absolute atomic E-state index is 11.4. The van der Waals surface area contributed by atoms with Gasteiger partial charge in [0.05, 0.1) is 7.11 Å². The van der Waals surface area contributed by atoms with Gasteiger partial charge in [0.2, 0.25) is 5.91 Å². The van der Waals surface area contributed by atoms with E-state index in [1.807, 2.05) is 0 Å². The van der Waals surface area contributed by atoms with Crippen LogP contribution < -0.4 is 5.32 Å². The second-order valence-electron chi connectivity index (χ2n) is 3.21. The summed E-state index contributed by atoms with van der Waals surface area (Å²) in [6.07, 6.45) is -0.303. The van der Waals surface area contributed by atoms with Gasteiger partial charge in [-0.3, -0.25) is 9.59 Å². The molecule has 0 aliphatic rings. The molecule has 86 valence electrons. The van der Waals surface area contributed by atoms with E-state index in [2.05, 4.69) is 10.1 Å². The lowest BCUT2D eigenvalue weighted by Crippen LogP contribution is -2.17. The van der Waals surface area contributed by atoms with Gasteiger partial charge in [0.25, 0.3) is 0 Å². The summed E-state index contributed by atoms with van der Waals surface area (Å²) in [7, 11) is 1.24. The van der Waals surface area contributed by atoms with Crippen LogP contribution in [0.15, 0.2) is 18.2 Å². The van der Waals surface area contributed by atoms with Crippen LogP contribution in [0.3, 0.4) is 0 Å². The van der Waals surface area contributed by atoms with Crippen molar-refractivity contribution in [2.45, 2.75) is 13.3 Å². The lowest BCUT2D eigenvalue weighted by Gasteiger charge is -2.08. The minimum atomic E-state index is -0.572. The molecule has 1 N–H and O–H groups in total. The highest BCUT2D eigenvalue weighted by molar-refractivity contribution is 6.31. The van der Waals surface area contributed by atoms with Gasteiger partial charge >= 0.3 is 5.97 Å². The summed E-state index contributed by atoms with van der Waals surface area (Å²) in [5.41, 5.74) is 1.36. The summed E-state index contributed by atoms with van der Waals surface area (Å²) >= 11 is 5.89. The van der Waals surface area contributed by atoms with E-state index in [-0.39, 0.29) is 6.42 Å². The molecule has 1 rings (SSSR count). The first-order valence-corrected chi connectivity index (χ1v) is 5.04. The molecule has 5 heteroatoms. The summed E-state index contributed by atoms with van der Waals surface area (Å²) in [4.78, 5) is 22.2. The lowest BCUT2D eigenvalue weighted by molar-refractivity contribution is -0.142. The molecule has 4 nitrogen and oxygen atoms in total. The number of carbonyl (C=O) groups excluding carboxylic acids is 2. The van der Waals surface area contributed by atoms with E-state index in [0.29, 0.717) is 10.7 Å². The third kappa shape index (κ3) is 3.24. The zero-order valence-electron chi connectivity index (χ0n) is 9.04. The van der Waals surface area contributed by atoms with Gasteiger partial charge < -0.3 is 10.1 Å². The Labute approximate surface area is 98.5 Å². The molecule has 1 amide bonds. The molecule has 0 saturated carbocycles. The maximum atomic E-state index is 11.4. The van der Waals surface area contributed by atoms with Gasteiger partial charge in [-0.25, -0.2) is 0 Å². The number of carbonyl (C=O) groups is 2. The SMILES string of the molecule is COC(=O)CC(=O)Nc1cccc(Cl)c1C. The summed E-state index contributed by atoms with van der Waals surface area (Å²) < 4.78 is 4.39. The molecule has 1 aromatic carbocycles. The average molecular weight is 242 g/mol. The topological polar surface area (TPSA) is 55.4 Å². The van der Waals surface area contributed by atoms with E-state index >= 15 is 0 Å². The summed E-state index contributed by atoms with van der Waals surface area (Å²) in [5.74, 6) is -0.991. The van der Waals surface area contributed by atoms with Crippen LogP contribution in [0.2, 0.25) is 5.02 Å². The fraction of sp³-hybridized carbons (Fsp3) is 0.273. The van der Waals surface area contributed by atoms with Crippen LogP contribution in [0.4, 0.5) is 5.69 Å². The number of esters is 1. The lowest BCUT2D eigenvalue weighted by atomic mass is 10.2. The predicted octanol–water partition coefficient (Wildman–Crippen LogP) is 2.15. The van der Waals surface area contributed by atoms with Crippen LogP contribution >= 0.6 is 11.6 Å². The number of amides is 1. The summed E-state index contributed by atoms with van der Waals surface area (Å²) in [6, 6.07) is 5.17. The van der Waals surface area contributed by atoms with Crippen molar-refractivity contribution in [3.63, 3.8) is 0 Å². The van der Waals surface area contributed by atoms with Crippen molar-refractivity contribution < 1.29 is 14.3 Å². The fourth-order valence-electron chi connectivity index (χ4n) is 1.14. The van der Waals surface area contributed by atoms with E-state index in [0.717, 1.165) is 5.56 Å². The third-order valence-electron chi connectivity index (χ3n) is 2.07. The van der Waals surface area contributed by atoms with E-state index in [1.165, 1.54) is 7.11 Å². The van der Waals surface area contributed by atoms with Crippen molar-refractivity contribution in [1.82, 2.24) is 0 Å². The molecule has 0 unspecified atom stereocenters.